The van der Waals surface area contributed by atoms with Crippen molar-refractivity contribution in [1.82, 2.24) is 15.1 Å². The topological polar surface area (TPSA) is 99.2 Å². The zero-order chi connectivity index (χ0) is 23.5. The number of benzene rings is 2. The summed E-state index contributed by atoms with van der Waals surface area (Å²) in [4.78, 5) is 39.7. The monoisotopic (exact) mass is 451 g/mol. The van der Waals surface area contributed by atoms with Gasteiger partial charge < -0.3 is 20.1 Å². The van der Waals surface area contributed by atoms with Gasteiger partial charge in [-0.1, -0.05) is 48.5 Å². The molecule has 0 radical (unpaired) electrons. The van der Waals surface area contributed by atoms with E-state index in [1.165, 1.54) is 0 Å². The molecular weight excluding hydrogens is 422 g/mol. The van der Waals surface area contributed by atoms with Crippen LogP contribution in [0.3, 0.4) is 0 Å². The lowest BCUT2D eigenvalue weighted by Gasteiger charge is -2.37. The van der Waals surface area contributed by atoms with Crippen molar-refractivity contribution in [3.05, 3.63) is 59.7 Å². The number of carbonyl (C=O) groups excluding carboxylic acids is 2. The average Bonchev–Trinajstić information content (AvgIpc) is 3.11. The predicted octanol–water partition coefficient (Wildman–Crippen LogP) is 2.53. The molecular formula is C25H29N3O5. The van der Waals surface area contributed by atoms with Crippen molar-refractivity contribution in [2.45, 2.75) is 31.3 Å². The van der Waals surface area contributed by atoms with Crippen LogP contribution in [0, 0.1) is 0 Å². The summed E-state index contributed by atoms with van der Waals surface area (Å²) in [6.45, 7) is 3.05. The first-order chi connectivity index (χ1) is 15.8. The maximum Gasteiger partial charge on any atom is 0.407 e. The number of nitrogens with zero attached hydrogens (tertiary/aromatic N) is 2. The van der Waals surface area contributed by atoms with Crippen LogP contribution >= 0.6 is 0 Å². The van der Waals surface area contributed by atoms with Crippen LogP contribution in [0.4, 0.5) is 4.79 Å². The minimum absolute atomic E-state index is 0.0293. The van der Waals surface area contributed by atoms with E-state index in [0.29, 0.717) is 13.1 Å². The van der Waals surface area contributed by atoms with E-state index in [-0.39, 0.29) is 31.4 Å². The number of rotatable bonds is 6. The van der Waals surface area contributed by atoms with E-state index in [1.54, 1.807) is 23.8 Å². The van der Waals surface area contributed by atoms with Crippen LogP contribution in [0.2, 0.25) is 0 Å². The van der Waals surface area contributed by atoms with Crippen molar-refractivity contribution in [2.75, 3.05) is 33.3 Å². The number of hydrogen-bond acceptors (Lipinski definition) is 5. The zero-order valence-corrected chi connectivity index (χ0v) is 18.9. The molecule has 1 aliphatic heterocycles. The van der Waals surface area contributed by atoms with E-state index in [2.05, 4.69) is 29.6 Å². The Bertz CT molecular complexity index is 1010. The van der Waals surface area contributed by atoms with Crippen molar-refractivity contribution in [2.24, 2.45) is 0 Å². The van der Waals surface area contributed by atoms with E-state index in [0.717, 1.165) is 22.3 Å². The largest absolute Gasteiger partial charge is 0.480 e. The third kappa shape index (κ3) is 4.85. The Kier molecular flexibility index (Phi) is 6.65. The molecule has 1 saturated heterocycles. The number of carboxylic acids is 1. The summed E-state index contributed by atoms with van der Waals surface area (Å²) < 4.78 is 5.54. The van der Waals surface area contributed by atoms with Crippen LogP contribution in [-0.4, -0.2) is 78.2 Å². The third-order valence-corrected chi connectivity index (χ3v) is 6.47. The minimum atomic E-state index is -0.945. The zero-order valence-electron chi connectivity index (χ0n) is 18.9. The minimum Gasteiger partial charge on any atom is -0.480 e. The normalized spacial score (nSPS) is 18.8. The summed E-state index contributed by atoms with van der Waals surface area (Å²) in [6.07, 6.45) is -0.487. The first-order valence-corrected chi connectivity index (χ1v) is 11.2. The standard InChI is InChI=1S/C25H29N3O5/c1-16(13-23(29)28-12-11-27(2)22(14-28)24(30)31)26-25(32)33-15-21-19-9-5-3-7-17(19)18-8-4-6-10-20(18)21/h3-10,16,21-22H,11-15H2,1-2H3,(H,26,32)(H,30,31). The maximum atomic E-state index is 12.6. The van der Waals surface area contributed by atoms with Gasteiger partial charge in [0.05, 0.1) is 0 Å². The van der Waals surface area contributed by atoms with Gasteiger partial charge in [0.25, 0.3) is 0 Å². The van der Waals surface area contributed by atoms with E-state index in [1.807, 2.05) is 24.3 Å². The van der Waals surface area contributed by atoms with E-state index in [4.69, 9.17) is 4.74 Å². The molecule has 0 aromatic heterocycles. The molecule has 174 valence electrons. The van der Waals surface area contributed by atoms with Gasteiger partial charge in [-0.25, -0.2) is 4.79 Å². The van der Waals surface area contributed by atoms with Crippen LogP contribution in [0.15, 0.2) is 48.5 Å². The van der Waals surface area contributed by atoms with E-state index >= 15 is 0 Å². The number of ether oxygens (including phenoxy) is 1. The van der Waals surface area contributed by atoms with Crippen molar-refractivity contribution in [3.63, 3.8) is 0 Å². The highest BCUT2D eigenvalue weighted by Gasteiger charge is 2.33. The second-order valence-electron chi connectivity index (χ2n) is 8.75. The molecule has 2 aromatic carbocycles. The Morgan fingerprint density at radius 3 is 2.27 bits per heavy atom. The Morgan fingerprint density at radius 1 is 1.06 bits per heavy atom. The number of aliphatic carboxylic acids is 1. The fourth-order valence-electron chi connectivity index (χ4n) is 4.65. The summed E-state index contributed by atoms with van der Waals surface area (Å²) in [6, 6.07) is 15.1. The molecule has 2 aliphatic rings. The Morgan fingerprint density at radius 2 is 1.67 bits per heavy atom. The van der Waals surface area contributed by atoms with Crippen molar-refractivity contribution >= 4 is 18.0 Å². The highest BCUT2D eigenvalue weighted by molar-refractivity contribution is 5.81. The molecule has 2 atom stereocenters. The van der Waals surface area contributed by atoms with Crippen molar-refractivity contribution in [1.29, 1.82) is 0 Å². The Labute approximate surface area is 193 Å². The molecule has 2 unspecified atom stereocenters. The van der Waals surface area contributed by atoms with E-state index < -0.39 is 24.1 Å². The lowest BCUT2D eigenvalue weighted by atomic mass is 9.98. The van der Waals surface area contributed by atoms with Gasteiger partial charge in [-0.15, -0.1) is 0 Å². The van der Waals surface area contributed by atoms with Crippen LogP contribution in [0.25, 0.3) is 11.1 Å². The second-order valence-corrected chi connectivity index (χ2v) is 8.75. The van der Waals surface area contributed by atoms with Gasteiger partial charge >= 0.3 is 12.1 Å². The van der Waals surface area contributed by atoms with Gasteiger partial charge in [0, 0.05) is 38.0 Å². The number of piperazine rings is 1. The lowest BCUT2D eigenvalue weighted by molar-refractivity contribution is -0.147. The molecule has 2 N–H and O–H groups in total. The first kappa shape index (κ1) is 22.8. The number of alkyl carbamates (subject to hydrolysis) is 1. The molecule has 1 fully saturated rings. The van der Waals surface area contributed by atoms with Gasteiger partial charge in [-0.05, 0) is 36.2 Å². The quantitative estimate of drug-likeness (QED) is 0.700. The molecule has 1 aliphatic carbocycles. The summed E-state index contributed by atoms with van der Waals surface area (Å²) >= 11 is 0. The predicted molar refractivity (Wildman–Crippen MR) is 123 cm³/mol. The number of hydrogen-bond donors (Lipinski definition) is 2. The number of likely N-dealkylation sites (N-methyl/N-ethyl adjacent to an activating group) is 1. The summed E-state index contributed by atoms with van der Waals surface area (Å²) in [7, 11) is 1.74. The molecule has 2 aromatic rings. The molecule has 0 saturated carbocycles. The lowest BCUT2D eigenvalue weighted by Crippen LogP contribution is -2.56. The Hall–Kier alpha value is -3.39. The van der Waals surface area contributed by atoms with E-state index in [9.17, 15) is 19.5 Å². The fraction of sp³-hybridized carbons (Fsp3) is 0.400. The number of carbonyl (C=O) groups is 3. The van der Waals surface area contributed by atoms with Crippen LogP contribution in [0.1, 0.15) is 30.4 Å². The third-order valence-electron chi connectivity index (χ3n) is 6.47. The molecule has 2 amide bonds. The molecule has 0 bridgehead atoms. The average molecular weight is 452 g/mol. The SMILES string of the molecule is CC(CC(=O)N1CCN(C)C(C(=O)O)C1)NC(=O)OCC1c2ccccc2-c2ccccc21. The highest BCUT2D eigenvalue weighted by atomic mass is 16.5. The fourth-order valence-corrected chi connectivity index (χ4v) is 4.65. The molecule has 8 heteroatoms. The van der Waals surface area contributed by atoms with Crippen molar-refractivity contribution in [3.8, 4) is 11.1 Å². The number of carboxylic acid groups (broad SMARTS) is 1. The maximum absolute atomic E-state index is 12.6. The number of nitrogens with one attached hydrogen (secondary N) is 1. The van der Waals surface area contributed by atoms with Crippen LogP contribution in [0.5, 0.6) is 0 Å². The second kappa shape index (κ2) is 9.62. The van der Waals surface area contributed by atoms with Gasteiger partial charge in [0.2, 0.25) is 5.91 Å². The highest BCUT2D eigenvalue weighted by Crippen LogP contribution is 2.44. The number of fused-ring (bicyclic) bond motifs is 3. The smallest absolute Gasteiger partial charge is 0.407 e. The first-order valence-electron chi connectivity index (χ1n) is 11.2. The van der Waals surface area contributed by atoms with Gasteiger partial charge in [0.15, 0.2) is 0 Å². The molecule has 4 rings (SSSR count). The molecule has 8 nitrogen and oxygen atoms in total. The summed E-state index contributed by atoms with van der Waals surface area (Å²) in [5, 5.41) is 12.1. The van der Waals surface area contributed by atoms with Crippen LogP contribution in [-0.2, 0) is 14.3 Å². The van der Waals surface area contributed by atoms with Gasteiger partial charge in [0.1, 0.15) is 12.6 Å². The van der Waals surface area contributed by atoms with Crippen molar-refractivity contribution < 1.29 is 24.2 Å². The molecule has 1 heterocycles. The van der Waals surface area contributed by atoms with Gasteiger partial charge in [-0.3, -0.25) is 14.5 Å². The van der Waals surface area contributed by atoms with Gasteiger partial charge in [-0.2, -0.15) is 0 Å². The summed E-state index contributed by atoms with van der Waals surface area (Å²) in [5.74, 6) is -1.15. The Balaban J connectivity index is 1.30. The molecule has 33 heavy (non-hydrogen) atoms. The number of amides is 2. The molecule has 0 spiro atoms. The summed E-state index contributed by atoms with van der Waals surface area (Å²) in [5.41, 5.74) is 4.59. The van der Waals surface area contributed by atoms with Crippen LogP contribution < -0.4 is 5.32 Å².